The molecule has 0 aliphatic carbocycles. The zero-order valence-corrected chi connectivity index (χ0v) is 11.0. The first-order chi connectivity index (χ1) is 9.24. The molecule has 98 valence electrons. The van der Waals surface area contributed by atoms with Gasteiger partial charge in [-0.1, -0.05) is 19.4 Å². The van der Waals surface area contributed by atoms with E-state index in [-0.39, 0.29) is 0 Å². The minimum atomic E-state index is -0.407. The summed E-state index contributed by atoms with van der Waals surface area (Å²) in [6.45, 7) is 2.64. The molecule has 0 amide bonds. The van der Waals surface area contributed by atoms with Gasteiger partial charge in [0.05, 0.1) is 6.10 Å². The summed E-state index contributed by atoms with van der Waals surface area (Å²) in [5.74, 6) is 0. The molecule has 0 bridgehead atoms. The predicted octanol–water partition coefficient (Wildman–Crippen LogP) is 2.64. The largest absolute Gasteiger partial charge is 0.388 e. The number of aliphatic hydroxyl groups excluding tert-OH is 1. The summed E-state index contributed by atoms with van der Waals surface area (Å²) in [6.07, 6.45) is 6.77. The van der Waals surface area contributed by atoms with Gasteiger partial charge in [0, 0.05) is 30.7 Å². The van der Waals surface area contributed by atoms with Crippen LogP contribution in [0.1, 0.15) is 42.7 Å². The van der Waals surface area contributed by atoms with Gasteiger partial charge >= 0.3 is 0 Å². The van der Waals surface area contributed by atoms with Crippen LogP contribution in [-0.2, 0) is 6.54 Å². The normalized spacial score (nSPS) is 12.1. The molecular formula is C15H17N3O. The number of rotatable bonds is 5. The van der Waals surface area contributed by atoms with E-state index in [2.05, 4.69) is 18.0 Å². The van der Waals surface area contributed by atoms with Crippen LogP contribution in [-0.4, -0.2) is 14.7 Å². The molecule has 0 aliphatic rings. The van der Waals surface area contributed by atoms with Crippen molar-refractivity contribution < 1.29 is 5.11 Å². The Morgan fingerprint density at radius 3 is 3.05 bits per heavy atom. The van der Waals surface area contributed by atoms with Crippen molar-refractivity contribution in [3.05, 3.63) is 53.6 Å². The summed E-state index contributed by atoms with van der Waals surface area (Å²) >= 11 is 0. The number of aromatic nitrogens is 2. The zero-order chi connectivity index (χ0) is 13.7. The quantitative estimate of drug-likeness (QED) is 0.893. The molecule has 2 aromatic heterocycles. The first-order valence-electron chi connectivity index (χ1n) is 6.42. The van der Waals surface area contributed by atoms with Gasteiger partial charge in [-0.2, -0.15) is 5.26 Å². The maximum absolute atomic E-state index is 9.92. The third-order valence-corrected chi connectivity index (χ3v) is 3.07. The van der Waals surface area contributed by atoms with Crippen LogP contribution in [0.5, 0.6) is 0 Å². The van der Waals surface area contributed by atoms with Crippen LogP contribution in [0.2, 0.25) is 0 Å². The van der Waals surface area contributed by atoms with Crippen LogP contribution in [0.25, 0.3) is 0 Å². The van der Waals surface area contributed by atoms with Gasteiger partial charge in [0.15, 0.2) is 0 Å². The van der Waals surface area contributed by atoms with E-state index >= 15 is 0 Å². The lowest BCUT2D eigenvalue weighted by Crippen LogP contribution is -2.01. The van der Waals surface area contributed by atoms with Gasteiger partial charge in [-0.15, -0.1) is 0 Å². The minimum absolute atomic E-state index is 0.407. The van der Waals surface area contributed by atoms with Crippen LogP contribution >= 0.6 is 0 Å². The van der Waals surface area contributed by atoms with E-state index in [1.165, 1.54) is 0 Å². The molecule has 0 aromatic carbocycles. The van der Waals surface area contributed by atoms with Crippen LogP contribution in [0.4, 0.5) is 0 Å². The molecular weight excluding hydrogens is 238 g/mol. The van der Waals surface area contributed by atoms with E-state index < -0.39 is 6.10 Å². The maximum atomic E-state index is 9.92. The highest BCUT2D eigenvalue weighted by Crippen LogP contribution is 2.19. The number of hydrogen-bond donors (Lipinski definition) is 1. The Morgan fingerprint density at radius 1 is 1.47 bits per heavy atom. The zero-order valence-electron chi connectivity index (χ0n) is 11.0. The van der Waals surface area contributed by atoms with E-state index in [4.69, 9.17) is 5.26 Å². The Morgan fingerprint density at radius 2 is 2.32 bits per heavy atom. The first kappa shape index (κ1) is 13.3. The van der Waals surface area contributed by atoms with Crippen molar-refractivity contribution in [1.29, 1.82) is 5.26 Å². The van der Waals surface area contributed by atoms with Crippen LogP contribution in [0, 0.1) is 11.3 Å². The molecule has 0 saturated carbocycles. The summed E-state index contributed by atoms with van der Waals surface area (Å²) in [4.78, 5) is 4.04. The molecule has 2 heterocycles. The molecule has 1 unspecified atom stereocenters. The number of nitriles is 1. The summed E-state index contributed by atoms with van der Waals surface area (Å²) in [6, 6.07) is 7.73. The summed E-state index contributed by atoms with van der Waals surface area (Å²) in [5.41, 5.74) is 2.26. The van der Waals surface area contributed by atoms with Gasteiger partial charge in [-0.05, 0) is 24.1 Å². The fourth-order valence-corrected chi connectivity index (χ4v) is 2.06. The molecule has 4 nitrogen and oxygen atoms in total. The van der Waals surface area contributed by atoms with E-state index in [0.717, 1.165) is 24.0 Å². The SMILES string of the molecule is CCCC(O)c1ccn(Cc2cccnc2C#N)c1. The van der Waals surface area contributed by atoms with Gasteiger partial charge in [-0.25, -0.2) is 4.98 Å². The smallest absolute Gasteiger partial charge is 0.145 e. The summed E-state index contributed by atoms with van der Waals surface area (Å²) < 4.78 is 1.96. The Hall–Kier alpha value is -2.12. The third-order valence-electron chi connectivity index (χ3n) is 3.07. The van der Waals surface area contributed by atoms with Crippen molar-refractivity contribution in [3.63, 3.8) is 0 Å². The fourth-order valence-electron chi connectivity index (χ4n) is 2.06. The predicted molar refractivity (Wildman–Crippen MR) is 72.4 cm³/mol. The Balaban J connectivity index is 2.14. The number of pyridine rings is 1. The van der Waals surface area contributed by atoms with Gasteiger partial charge < -0.3 is 9.67 Å². The van der Waals surface area contributed by atoms with E-state index in [1.54, 1.807) is 6.20 Å². The van der Waals surface area contributed by atoms with E-state index in [0.29, 0.717) is 12.2 Å². The molecule has 0 spiro atoms. The monoisotopic (exact) mass is 255 g/mol. The standard InChI is InChI=1S/C15H17N3O/c1-2-4-15(19)13-6-8-18(11-13)10-12-5-3-7-17-14(12)9-16/h3,5-8,11,15,19H,2,4,10H2,1H3. The molecule has 0 saturated heterocycles. The second kappa shape index (κ2) is 6.17. The summed E-state index contributed by atoms with van der Waals surface area (Å²) in [5, 5.41) is 18.9. The van der Waals surface area contributed by atoms with E-state index in [1.807, 2.05) is 35.2 Å². The maximum Gasteiger partial charge on any atom is 0.145 e. The second-order valence-electron chi connectivity index (χ2n) is 4.54. The Bertz CT molecular complexity index is 583. The van der Waals surface area contributed by atoms with Gasteiger partial charge in [0.1, 0.15) is 11.8 Å². The molecule has 0 radical (unpaired) electrons. The Kier molecular flexibility index (Phi) is 4.32. The number of nitrogens with zero attached hydrogens (tertiary/aromatic N) is 3. The van der Waals surface area contributed by atoms with Gasteiger partial charge in [-0.3, -0.25) is 0 Å². The lowest BCUT2D eigenvalue weighted by molar-refractivity contribution is 0.166. The molecule has 1 N–H and O–H groups in total. The fraction of sp³-hybridized carbons (Fsp3) is 0.333. The lowest BCUT2D eigenvalue weighted by Gasteiger charge is -2.07. The van der Waals surface area contributed by atoms with Crippen molar-refractivity contribution in [1.82, 2.24) is 9.55 Å². The third kappa shape index (κ3) is 3.21. The van der Waals surface area contributed by atoms with Crippen LogP contribution in [0.3, 0.4) is 0 Å². The highest BCUT2D eigenvalue weighted by atomic mass is 16.3. The molecule has 2 rings (SSSR count). The van der Waals surface area contributed by atoms with Gasteiger partial charge in [0.25, 0.3) is 0 Å². The first-order valence-corrected chi connectivity index (χ1v) is 6.42. The topological polar surface area (TPSA) is 61.8 Å². The summed E-state index contributed by atoms with van der Waals surface area (Å²) in [7, 11) is 0. The highest BCUT2D eigenvalue weighted by Gasteiger charge is 2.09. The van der Waals surface area contributed by atoms with Crippen LogP contribution in [0.15, 0.2) is 36.8 Å². The average molecular weight is 255 g/mol. The van der Waals surface area contributed by atoms with Gasteiger partial charge in [0.2, 0.25) is 0 Å². The van der Waals surface area contributed by atoms with Crippen LogP contribution < -0.4 is 0 Å². The van der Waals surface area contributed by atoms with Crippen molar-refractivity contribution in [3.8, 4) is 6.07 Å². The molecule has 1 atom stereocenters. The van der Waals surface area contributed by atoms with Crippen molar-refractivity contribution >= 4 is 0 Å². The molecule has 4 heteroatoms. The van der Waals surface area contributed by atoms with Crippen molar-refractivity contribution in [2.75, 3.05) is 0 Å². The van der Waals surface area contributed by atoms with Crippen molar-refractivity contribution in [2.24, 2.45) is 0 Å². The van der Waals surface area contributed by atoms with E-state index in [9.17, 15) is 5.11 Å². The number of hydrogen-bond acceptors (Lipinski definition) is 3. The number of aliphatic hydroxyl groups is 1. The molecule has 19 heavy (non-hydrogen) atoms. The molecule has 0 fully saturated rings. The highest BCUT2D eigenvalue weighted by molar-refractivity contribution is 5.31. The lowest BCUT2D eigenvalue weighted by atomic mass is 10.1. The minimum Gasteiger partial charge on any atom is -0.388 e. The Labute approximate surface area is 113 Å². The average Bonchev–Trinajstić information content (AvgIpc) is 2.88. The second-order valence-corrected chi connectivity index (χ2v) is 4.54. The van der Waals surface area contributed by atoms with Crippen molar-refractivity contribution in [2.45, 2.75) is 32.4 Å². The molecule has 2 aromatic rings. The molecule has 0 aliphatic heterocycles.